The second-order valence-corrected chi connectivity index (χ2v) is 11.5. The van der Waals surface area contributed by atoms with Gasteiger partial charge in [-0.3, -0.25) is 4.79 Å². The van der Waals surface area contributed by atoms with Crippen molar-refractivity contribution in [1.82, 2.24) is 10.2 Å². The summed E-state index contributed by atoms with van der Waals surface area (Å²) in [5, 5.41) is 4.15. The molecule has 2 aliphatic heterocycles. The molecule has 5 rings (SSSR count). The fraction of sp³-hybridized carbons (Fsp3) is 0.720. The summed E-state index contributed by atoms with van der Waals surface area (Å²) in [5.41, 5.74) is 1.56. The van der Waals surface area contributed by atoms with Crippen LogP contribution in [0.2, 0.25) is 0 Å². The number of benzene rings is 1. The molecule has 3 fully saturated rings. The lowest BCUT2D eigenvalue weighted by molar-refractivity contribution is -0.123. The Morgan fingerprint density at radius 3 is 2.62 bits per heavy atom. The van der Waals surface area contributed by atoms with E-state index in [2.05, 4.69) is 53.2 Å². The molecule has 1 aromatic rings. The van der Waals surface area contributed by atoms with Crippen LogP contribution in [0.25, 0.3) is 0 Å². The Balaban J connectivity index is 1.02. The van der Waals surface area contributed by atoms with Crippen molar-refractivity contribution in [1.29, 1.82) is 0 Å². The largest absolute Gasteiger partial charge is 0.353 e. The summed E-state index contributed by atoms with van der Waals surface area (Å²) < 4.78 is 0. The summed E-state index contributed by atoms with van der Waals surface area (Å²) in [6.45, 7) is 5.93. The van der Waals surface area contributed by atoms with Crippen LogP contribution < -0.4 is 5.32 Å². The van der Waals surface area contributed by atoms with E-state index in [-0.39, 0.29) is 0 Å². The monoisotopic (exact) mass is 412 g/mol. The van der Waals surface area contributed by atoms with Gasteiger partial charge >= 0.3 is 0 Å². The molecule has 3 atom stereocenters. The number of thioether (sulfide) groups is 1. The van der Waals surface area contributed by atoms with Gasteiger partial charge in [-0.25, -0.2) is 0 Å². The van der Waals surface area contributed by atoms with Gasteiger partial charge < -0.3 is 10.2 Å². The van der Waals surface area contributed by atoms with Crippen molar-refractivity contribution in [2.75, 3.05) is 19.6 Å². The maximum absolute atomic E-state index is 12.6. The molecule has 1 N–H and O–H groups in total. The molecule has 29 heavy (non-hydrogen) atoms. The first-order valence-corrected chi connectivity index (χ1v) is 12.8. The summed E-state index contributed by atoms with van der Waals surface area (Å²) in [4.78, 5) is 16.8. The molecular weight excluding hydrogens is 376 g/mol. The molecule has 3 nitrogen and oxygen atoms in total. The van der Waals surface area contributed by atoms with Crippen molar-refractivity contribution in [2.24, 2.45) is 23.7 Å². The van der Waals surface area contributed by atoms with Crippen LogP contribution in [-0.2, 0) is 11.2 Å². The van der Waals surface area contributed by atoms with Gasteiger partial charge in [-0.15, -0.1) is 11.8 Å². The van der Waals surface area contributed by atoms with E-state index < -0.39 is 0 Å². The van der Waals surface area contributed by atoms with Crippen molar-refractivity contribution in [3.8, 4) is 0 Å². The van der Waals surface area contributed by atoms with E-state index in [4.69, 9.17) is 0 Å². The molecule has 2 heterocycles. The van der Waals surface area contributed by atoms with E-state index in [0.717, 1.165) is 30.1 Å². The maximum atomic E-state index is 12.6. The Morgan fingerprint density at radius 1 is 1.10 bits per heavy atom. The van der Waals surface area contributed by atoms with Gasteiger partial charge in [0.2, 0.25) is 5.91 Å². The summed E-state index contributed by atoms with van der Waals surface area (Å²) >= 11 is 2.12. The van der Waals surface area contributed by atoms with Crippen LogP contribution in [0.3, 0.4) is 0 Å². The zero-order chi connectivity index (χ0) is 19.8. The highest BCUT2D eigenvalue weighted by Gasteiger charge is 2.44. The quantitative estimate of drug-likeness (QED) is 0.758. The average molecular weight is 413 g/mol. The van der Waals surface area contributed by atoms with Gasteiger partial charge in [0.1, 0.15) is 0 Å². The molecule has 2 aliphatic carbocycles. The van der Waals surface area contributed by atoms with Crippen molar-refractivity contribution in [2.45, 2.75) is 74.5 Å². The molecule has 1 aromatic carbocycles. The number of hydrogen-bond acceptors (Lipinski definition) is 3. The topological polar surface area (TPSA) is 32.3 Å². The van der Waals surface area contributed by atoms with Gasteiger partial charge in [-0.2, -0.15) is 0 Å². The minimum atomic E-state index is 0.298. The third-order valence-electron chi connectivity index (χ3n) is 7.94. The van der Waals surface area contributed by atoms with Gasteiger partial charge in [0.05, 0.1) is 0 Å². The highest BCUT2D eigenvalue weighted by Crippen LogP contribution is 2.44. The van der Waals surface area contributed by atoms with Gasteiger partial charge in [0, 0.05) is 28.6 Å². The van der Waals surface area contributed by atoms with E-state index in [1.807, 2.05) is 0 Å². The predicted molar refractivity (Wildman–Crippen MR) is 120 cm³/mol. The third-order valence-corrected chi connectivity index (χ3v) is 9.45. The second-order valence-electron chi connectivity index (χ2n) is 10.2. The minimum absolute atomic E-state index is 0.298. The van der Waals surface area contributed by atoms with Crippen LogP contribution in [0.15, 0.2) is 29.2 Å². The maximum Gasteiger partial charge on any atom is 0.223 e. The average Bonchev–Trinajstić information content (AvgIpc) is 3.37. The molecule has 0 radical (unpaired) electrons. The fourth-order valence-electron chi connectivity index (χ4n) is 5.79. The van der Waals surface area contributed by atoms with E-state index in [0.29, 0.717) is 23.8 Å². The SMILES string of the molecule is C[C@H]1CC[C@H](NC(=O)[C@@H]2C[C@H]2CN2CCC(C3Cc4ccccc4S3)CC2)CC1. The molecule has 4 heteroatoms. The van der Waals surface area contributed by atoms with Gasteiger partial charge in [0.25, 0.3) is 0 Å². The number of carbonyl (C=O) groups is 1. The van der Waals surface area contributed by atoms with Crippen LogP contribution in [0, 0.1) is 23.7 Å². The van der Waals surface area contributed by atoms with E-state index in [1.165, 1.54) is 62.9 Å². The first kappa shape index (κ1) is 19.9. The first-order valence-electron chi connectivity index (χ1n) is 11.9. The molecule has 4 aliphatic rings. The number of nitrogens with zero attached hydrogens (tertiary/aromatic N) is 1. The van der Waals surface area contributed by atoms with Crippen molar-refractivity contribution < 1.29 is 4.79 Å². The van der Waals surface area contributed by atoms with Gasteiger partial charge in [0.15, 0.2) is 0 Å². The molecule has 1 amide bonds. The number of likely N-dealkylation sites (tertiary alicyclic amines) is 1. The Kier molecular flexibility index (Phi) is 5.93. The van der Waals surface area contributed by atoms with Crippen molar-refractivity contribution in [3.05, 3.63) is 29.8 Å². The molecule has 0 spiro atoms. The van der Waals surface area contributed by atoms with E-state index in [1.54, 1.807) is 5.56 Å². The summed E-state index contributed by atoms with van der Waals surface area (Å²) in [6.07, 6.45) is 9.95. The Labute approximate surface area is 180 Å². The van der Waals surface area contributed by atoms with Crippen molar-refractivity contribution >= 4 is 17.7 Å². The Bertz CT molecular complexity index is 696. The highest BCUT2D eigenvalue weighted by atomic mass is 32.2. The Morgan fingerprint density at radius 2 is 1.86 bits per heavy atom. The third kappa shape index (κ3) is 4.69. The second kappa shape index (κ2) is 8.63. The highest BCUT2D eigenvalue weighted by molar-refractivity contribution is 8.00. The molecule has 2 saturated carbocycles. The molecule has 0 bridgehead atoms. The Hall–Kier alpha value is -1.00. The lowest BCUT2D eigenvalue weighted by Crippen LogP contribution is -2.40. The lowest BCUT2D eigenvalue weighted by Gasteiger charge is -2.34. The lowest BCUT2D eigenvalue weighted by atomic mass is 9.87. The van der Waals surface area contributed by atoms with Gasteiger partial charge in [-0.05, 0) is 93.8 Å². The smallest absolute Gasteiger partial charge is 0.223 e. The first-order chi connectivity index (χ1) is 14.2. The van der Waals surface area contributed by atoms with Crippen LogP contribution in [0.5, 0.6) is 0 Å². The normalized spacial score (nSPS) is 35.3. The van der Waals surface area contributed by atoms with Crippen LogP contribution in [-0.4, -0.2) is 41.7 Å². The molecule has 158 valence electrons. The number of fused-ring (bicyclic) bond motifs is 1. The fourth-order valence-corrected chi connectivity index (χ4v) is 7.31. The predicted octanol–water partition coefficient (Wildman–Crippen LogP) is 4.75. The van der Waals surface area contributed by atoms with E-state index in [9.17, 15) is 4.79 Å². The number of carbonyl (C=O) groups excluding carboxylic acids is 1. The molecular formula is C25H36N2OS. The van der Waals surface area contributed by atoms with Gasteiger partial charge in [-0.1, -0.05) is 25.1 Å². The number of amides is 1. The van der Waals surface area contributed by atoms with Crippen molar-refractivity contribution in [3.63, 3.8) is 0 Å². The molecule has 1 unspecified atom stereocenters. The summed E-state index contributed by atoms with van der Waals surface area (Å²) in [7, 11) is 0. The standard InChI is InChI=1S/C25H36N2OS/c1-17-6-8-21(9-7-17)26-25(28)22-14-20(22)16-27-12-10-18(11-13-27)24-15-19-4-2-3-5-23(19)29-24/h2-5,17-18,20-22,24H,6-16H2,1H3,(H,26,28)/t17-,20-,21-,22+,24?/m0/s1. The zero-order valence-corrected chi connectivity index (χ0v) is 18.6. The van der Waals surface area contributed by atoms with Crippen LogP contribution >= 0.6 is 11.8 Å². The minimum Gasteiger partial charge on any atom is -0.353 e. The zero-order valence-electron chi connectivity index (χ0n) is 17.8. The number of hydrogen-bond donors (Lipinski definition) is 1. The molecule has 1 saturated heterocycles. The summed E-state index contributed by atoms with van der Waals surface area (Å²) in [5.74, 6) is 2.96. The van der Waals surface area contributed by atoms with E-state index >= 15 is 0 Å². The van der Waals surface area contributed by atoms with Crippen LogP contribution in [0.1, 0.15) is 57.4 Å². The molecule has 0 aromatic heterocycles. The van der Waals surface area contributed by atoms with Crippen LogP contribution in [0.4, 0.5) is 0 Å². The number of rotatable bonds is 5. The summed E-state index contributed by atoms with van der Waals surface area (Å²) in [6, 6.07) is 9.41. The number of piperidine rings is 1. The number of nitrogens with one attached hydrogen (secondary N) is 1.